The minimum absolute atomic E-state index is 0.103. The SMILES string of the molecule is CCc1ccc(CC(NN)c2cc(F)ccc2Br)s1. The van der Waals surface area contributed by atoms with Crippen molar-refractivity contribution in [2.45, 2.75) is 25.8 Å². The molecule has 0 saturated heterocycles. The molecule has 0 spiro atoms. The number of rotatable bonds is 5. The van der Waals surface area contributed by atoms with Crippen molar-refractivity contribution >= 4 is 27.3 Å². The fraction of sp³-hybridized carbons (Fsp3) is 0.286. The first-order valence-electron chi connectivity index (χ1n) is 6.12. The standard InChI is InChI=1S/C14H16BrFN2S/c1-2-10-4-5-11(19-10)8-14(18-17)12-7-9(16)3-6-13(12)15/h3-7,14,18H,2,8,17H2,1H3. The van der Waals surface area contributed by atoms with E-state index in [1.165, 1.54) is 21.9 Å². The van der Waals surface area contributed by atoms with Crippen molar-refractivity contribution in [1.82, 2.24) is 5.43 Å². The third-order valence-corrected chi connectivity index (χ3v) is 4.98. The van der Waals surface area contributed by atoms with E-state index in [2.05, 4.69) is 40.4 Å². The lowest BCUT2D eigenvalue weighted by Gasteiger charge is -2.17. The Hall–Kier alpha value is -0.750. The fourth-order valence-electron chi connectivity index (χ4n) is 1.96. The number of nitrogens with one attached hydrogen (secondary N) is 1. The van der Waals surface area contributed by atoms with Crippen molar-refractivity contribution in [2.24, 2.45) is 5.84 Å². The van der Waals surface area contributed by atoms with Gasteiger partial charge in [0, 0.05) is 20.6 Å². The molecule has 0 radical (unpaired) electrons. The molecule has 19 heavy (non-hydrogen) atoms. The largest absolute Gasteiger partial charge is 0.271 e. The fourth-order valence-corrected chi connectivity index (χ4v) is 3.49. The summed E-state index contributed by atoms with van der Waals surface area (Å²) >= 11 is 5.22. The highest BCUT2D eigenvalue weighted by Crippen LogP contribution is 2.28. The van der Waals surface area contributed by atoms with Crippen LogP contribution in [0.4, 0.5) is 4.39 Å². The highest BCUT2D eigenvalue weighted by Gasteiger charge is 2.15. The van der Waals surface area contributed by atoms with Crippen LogP contribution in [-0.4, -0.2) is 0 Å². The van der Waals surface area contributed by atoms with Crippen molar-refractivity contribution in [3.05, 3.63) is 55.9 Å². The van der Waals surface area contributed by atoms with E-state index in [1.807, 2.05) is 0 Å². The summed E-state index contributed by atoms with van der Waals surface area (Å²) in [6.07, 6.45) is 1.79. The Morgan fingerprint density at radius 2 is 2.05 bits per heavy atom. The first-order chi connectivity index (χ1) is 9.13. The Morgan fingerprint density at radius 1 is 1.32 bits per heavy atom. The molecule has 2 rings (SSSR count). The van der Waals surface area contributed by atoms with Crippen LogP contribution in [0.5, 0.6) is 0 Å². The molecule has 1 unspecified atom stereocenters. The van der Waals surface area contributed by atoms with E-state index in [0.29, 0.717) is 0 Å². The van der Waals surface area contributed by atoms with E-state index in [1.54, 1.807) is 17.4 Å². The van der Waals surface area contributed by atoms with Crippen LogP contribution in [0, 0.1) is 5.82 Å². The Morgan fingerprint density at radius 3 is 2.68 bits per heavy atom. The first-order valence-corrected chi connectivity index (χ1v) is 7.73. The number of halogens is 2. The van der Waals surface area contributed by atoms with Crippen molar-refractivity contribution in [3.8, 4) is 0 Å². The van der Waals surface area contributed by atoms with Crippen molar-refractivity contribution in [3.63, 3.8) is 0 Å². The van der Waals surface area contributed by atoms with Crippen LogP contribution < -0.4 is 11.3 Å². The second kappa shape index (κ2) is 6.61. The summed E-state index contributed by atoms with van der Waals surface area (Å²) in [5, 5.41) is 0. The molecule has 3 N–H and O–H groups in total. The van der Waals surface area contributed by atoms with E-state index in [-0.39, 0.29) is 11.9 Å². The zero-order valence-corrected chi connectivity index (χ0v) is 13.0. The molecule has 2 nitrogen and oxygen atoms in total. The lowest BCUT2D eigenvalue weighted by molar-refractivity contribution is 0.545. The Bertz CT molecular complexity index is 556. The van der Waals surface area contributed by atoms with Gasteiger partial charge < -0.3 is 0 Å². The number of hydrogen-bond acceptors (Lipinski definition) is 3. The quantitative estimate of drug-likeness (QED) is 0.637. The van der Waals surface area contributed by atoms with Crippen LogP contribution in [0.1, 0.15) is 28.3 Å². The van der Waals surface area contributed by atoms with Gasteiger partial charge >= 0.3 is 0 Å². The van der Waals surface area contributed by atoms with Crippen molar-refractivity contribution in [1.29, 1.82) is 0 Å². The number of hydrogen-bond donors (Lipinski definition) is 2. The molecule has 0 aliphatic carbocycles. The smallest absolute Gasteiger partial charge is 0.123 e. The summed E-state index contributed by atoms with van der Waals surface area (Å²) < 4.78 is 14.2. The van der Waals surface area contributed by atoms with E-state index in [0.717, 1.165) is 22.9 Å². The maximum Gasteiger partial charge on any atom is 0.123 e. The number of hydrazine groups is 1. The zero-order valence-electron chi connectivity index (χ0n) is 10.6. The van der Waals surface area contributed by atoms with Crippen LogP contribution in [0.3, 0.4) is 0 Å². The molecule has 5 heteroatoms. The molecule has 1 aromatic heterocycles. The van der Waals surface area contributed by atoms with Crippen molar-refractivity contribution < 1.29 is 4.39 Å². The van der Waals surface area contributed by atoms with Crippen LogP contribution in [-0.2, 0) is 12.8 Å². The maximum absolute atomic E-state index is 13.4. The summed E-state index contributed by atoms with van der Waals surface area (Å²) in [6.45, 7) is 2.14. The van der Waals surface area contributed by atoms with Crippen LogP contribution in [0.25, 0.3) is 0 Å². The molecule has 2 aromatic rings. The monoisotopic (exact) mass is 342 g/mol. The minimum Gasteiger partial charge on any atom is -0.271 e. The molecular weight excluding hydrogens is 327 g/mol. The van der Waals surface area contributed by atoms with Crippen molar-refractivity contribution in [2.75, 3.05) is 0 Å². The molecule has 0 amide bonds. The average Bonchev–Trinajstić information content (AvgIpc) is 2.87. The van der Waals surface area contributed by atoms with Gasteiger partial charge in [0.1, 0.15) is 5.82 Å². The van der Waals surface area contributed by atoms with Crippen LogP contribution >= 0.6 is 27.3 Å². The van der Waals surface area contributed by atoms with Crippen LogP contribution in [0.15, 0.2) is 34.8 Å². The van der Waals surface area contributed by atoms with Gasteiger partial charge in [-0.2, -0.15) is 0 Å². The number of benzene rings is 1. The molecule has 1 heterocycles. The topological polar surface area (TPSA) is 38.0 Å². The molecule has 1 aromatic carbocycles. The predicted octanol–water partition coefficient (Wildman–Crippen LogP) is 3.96. The second-order valence-corrected chi connectivity index (χ2v) is 6.42. The van der Waals surface area contributed by atoms with Gasteiger partial charge in [0.25, 0.3) is 0 Å². The van der Waals surface area contributed by atoms with Gasteiger partial charge in [-0.05, 0) is 42.3 Å². The Kier molecular flexibility index (Phi) is 5.10. The zero-order chi connectivity index (χ0) is 13.8. The van der Waals surface area contributed by atoms with Crippen LogP contribution in [0.2, 0.25) is 0 Å². The summed E-state index contributed by atoms with van der Waals surface area (Å²) in [7, 11) is 0. The van der Waals surface area contributed by atoms with E-state index < -0.39 is 0 Å². The molecule has 1 atom stereocenters. The van der Waals surface area contributed by atoms with E-state index in [9.17, 15) is 4.39 Å². The molecular formula is C14H16BrFN2S. The van der Waals surface area contributed by atoms with Gasteiger partial charge in [-0.25, -0.2) is 4.39 Å². The first kappa shape index (κ1) is 14.7. The molecule has 0 aliphatic heterocycles. The minimum atomic E-state index is -0.251. The molecule has 0 bridgehead atoms. The normalized spacial score (nSPS) is 12.6. The highest BCUT2D eigenvalue weighted by atomic mass is 79.9. The van der Waals surface area contributed by atoms with Gasteiger partial charge in [0.2, 0.25) is 0 Å². The third-order valence-electron chi connectivity index (χ3n) is 3.01. The lowest BCUT2D eigenvalue weighted by atomic mass is 10.0. The predicted molar refractivity (Wildman–Crippen MR) is 81.6 cm³/mol. The lowest BCUT2D eigenvalue weighted by Crippen LogP contribution is -2.29. The highest BCUT2D eigenvalue weighted by molar-refractivity contribution is 9.10. The van der Waals surface area contributed by atoms with Gasteiger partial charge in [-0.1, -0.05) is 22.9 Å². The molecule has 102 valence electrons. The Labute approximate surface area is 124 Å². The van der Waals surface area contributed by atoms with E-state index >= 15 is 0 Å². The number of nitrogens with two attached hydrogens (primary N) is 1. The molecule has 0 aliphatic rings. The Balaban J connectivity index is 2.22. The van der Waals surface area contributed by atoms with Gasteiger partial charge in [0.15, 0.2) is 0 Å². The summed E-state index contributed by atoms with van der Waals surface area (Å²) in [5.74, 6) is 5.37. The average molecular weight is 343 g/mol. The summed E-state index contributed by atoms with van der Waals surface area (Å²) in [6, 6.07) is 8.80. The number of thiophene rings is 1. The molecule has 0 fully saturated rings. The van der Waals surface area contributed by atoms with Gasteiger partial charge in [-0.3, -0.25) is 11.3 Å². The van der Waals surface area contributed by atoms with Gasteiger partial charge in [-0.15, -0.1) is 11.3 Å². The summed E-state index contributed by atoms with van der Waals surface area (Å²) in [4.78, 5) is 2.60. The third kappa shape index (κ3) is 3.63. The maximum atomic E-state index is 13.4. The second-order valence-electron chi connectivity index (χ2n) is 4.31. The van der Waals surface area contributed by atoms with E-state index in [4.69, 9.17) is 5.84 Å². The summed E-state index contributed by atoms with van der Waals surface area (Å²) in [5.41, 5.74) is 3.61. The van der Waals surface area contributed by atoms with Gasteiger partial charge in [0.05, 0.1) is 6.04 Å². The molecule has 0 saturated carbocycles. The number of aryl methyl sites for hydroxylation is 1.